The van der Waals surface area contributed by atoms with Gasteiger partial charge in [-0.1, -0.05) is 30.3 Å². The molecule has 29 heavy (non-hydrogen) atoms. The minimum atomic E-state index is -0.302. The summed E-state index contributed by atoms with van der Waals surface area (Å²) < 4.78 is 15.9. The predicted octanol–water partition coefficient (Wildman–Crippen LogP) is 4.23. The minimum Gasteiger partial charge on any atom is -0.361 e. The Labute approximate surface area is 167 Å². The maximum atomic E-state index is 14.2. The Bertz CT molecular complexity index is 1190. The fourth-order valence-corrected chi connectivity index (χ4v) is 4.23. The summed E-state index contributed by atoms with van der Waals surface area (Å²) in [6, 6.07) is 14.5. The summed E-state index contributed by atoms with van der Waals surface area (Å²) >= 11 is 0. The van der Waals surface area contributed by atoms with E-state index in [-0.39, 0.29) is 17.8 Å². The van der Waals surface area contributed by atoms with Crippen molar-refractivity contribution in [2.45, 2.75) is 31.7 Å². The van der Waals surface area contributed by atoms with Crippen LogP contribution in [0.25, 0.3) is 16.6 Å². The molecule has 0 radical (unpaired) electrons. The van der Waals surface area contributed by atoms with Crippen LogP contribution in [0.5, 0.6) is 0 Å². The van der Waals surface area contributed by atoms with Crippen molar-refractivity contribution < 1.29 is 9.18 Å². The highest BCUT2D eigenvalue weighted by molar-refractivity contribution is 5.89. The average molecular weight is 388 g/mol. The number of benzene rings is 2. The number of H-pyrrole nitrogens is 1. The number of aromatic amines is 1. The number of hydrogen-bond donors (Lipinski definition) is 2. The van der Waals surface area contributed by atoms with E-state index in [2.05, 4.69) is 15.4 Å². The molecule has 1 amide bonds. The Balaban J connectivity index is 1.37. The lowest BCUT2D eigenvalue weighted by Crippen LogP contribution is -2.32. The Morgan fingerprint density at radius 2 is 2.03 bits per heavy atom. The summed E-state index contributed by atoms with van der Waals surface area (Å²) in [5.74, 6) is -0.324. The second kappa shape index (κ2) is 7.20. The van der Waals surface area contributed by atoms with Gasteiger partial charge in [0.2, 0.25) is 5.91 Å². The number of carbonyl (C=O) groups is 1. The second-order valence-corrected chi connectivity index (χ2v) is 7.46. The zero-order valence-electron chi connectivity index (χ0n) is 15.9. The van der Waals surface area contributed by atoms with Crippen molar-refractivity contribution in [2.24, 2.45) is 0 Å². The number of hydrogen-bond acceptors (Lipinski definition) is 2. The van der Waals surface area contributed by atoms with Crippen molar-refractivity contribution in [3.05, 3.63) is 83.6 Å². The van der Waals surface area contributed by atoms with E-state index in [4.69, 9.17) is 0 Å². The number of aromatic nitrogens is 3. The summed E-state index contributed by atoms with van der Waals surface area (Å²) in [6.45, 7) is 0. The van der Waals surface area contributed by atoms with Gasteiger partial charge < -0.3 is 10.3 Å². The monoisotopic (exact) mass is 388 g/mol. The molecule has 0 bridgehead atoms. The third kappa shape index (κ3) is 3.20. The number of carbonyl (C=O) groups excluding carboxylic acids is 1. The Morgan fingerprint density at radius 1 is 1.21 bits per heavy atom. The summed E-state index contributed by atoms with van der Waals surface area (Å²) in [6.07, 6.45) is 6.57. The van der Waals surface area contributed by atoms with Gasteiger partial charge in [-0.05, 0) is 43.0 Å². The van der Waals surface area contributed by atoms with Crippen LogP contribution in [-0.2, 0) is 17.6 Å². The highest BCUT2D eigenvalue weighted by Gasteiger charge is 2.26. The summed E-state index contributed by atoms with van der Waals surface area (Å²) in [4.78, 5) is 16.0. The van der Waals surface area contributed by atoms with Gasteiger partial charge in [0, 0.05) is 28.4 Å². The fourth-order valence-electron chi connectivity index (χ4n) is 4.23. The molecule has 0 aliphatic heterocycles. The second-order valence-electron chi connectivity index (χ2n) is 7.46. The Morgan fingerprint density at radius 3 is 2.93 bits per heavy atom. The van der Waals surface area contributed by atoms with Crippen LogP contribution in [0, 0.1) is 5.82 Å². The highest BCUT2D eigenvalue weighted by Crippen LogP contribution is 2.31. The van der Waals surface area contributed by atoms with E-state index in [0.29, 0.717) is 12.1 Å². The molecule has 4 aromatic rings. The maximum Gasteiger partial charge on any atom is 0.224 e. The lowest BCUT2D eigenvalue weighted by Gasteiger charge is -2.24. The molecule has 2 aromatic heterocycles. The molecule has 5 rings (SSSR count). The lowest BCUT2D eigenvalue weighted by molar-refractivity contribution is -0.121. The molecule has 2 N–H and O–H groups in total. The van der Waals surface area contributed by atoms with Crippen LogP contribution in [0.2, 0.25) is 0 Å². The molecule has 0 spiro atoms. The van der Waals surface area contributed by atoms with Crippen molar-refractivity contribution >= 4 is 16.8 Å². The Kier molecular flexibility index (Phi) is 4.39. The Hall–Kier alpha value is -3.41. The molecule has 5 nitrogen and oxygen atoms in total. The lowest BCUT2D eigenvalue weighted by atomic mass is 9.92. The maximum absolute atomic E-state index is 14.2. The zero-order valence-corrected chi connectivity index (χ0v) is 15.9. The fraction of sp³-hybridized carbons (Fsp3) is 0.217. The normalized spacial score (nSPS) is 16.0. The first kappa shape index (κ1) is 17.7. The minimum absolute atomic E-state index is 0.0220. The van der Waals surface area contributed by atoms with Gasteiger partial charge in [-0.2, -0.15) is 5.10 Å². The van der Waals surface area contributed by atoms with E-state index in [0.717, 1.165) is 47.0 Å². The number of nitrogens with zero attached hydrogens (tertiary/aromatic N) is 2. The number of fused-ring (bicyclic) bond motifs is 2. The van der Waals surface area contributed by atoms with Gasteiger partial charge in [0.05, 0.1) is 18.7 Å². The topological polar surface area (TPSA) is 62.7 Å². The number of halogens is 1. The SMILES string of the molecule is O=C(Cc1c[nH]c2ccccc12)N[C@@H]1CCCc2c1cnn2-c1ccccc1F. The van der Waals surface area contributed by atoms with E-state index in [1.54, 1.807) is 29.1 Å². The van der Waals surface area contributed by atoms with Crippen LogP contribution >= 0.6 is 0 Å². The molecular weight excluding hydrogens is 367 g/mol. The van der Waals surface area contributed by atoms with Crippen molar-refractivity contribution in [3.63, 3.8) is 0 Å². The summed E-state index contributed by atoms with van der Waals surface area (Å²) in [5.41, 5.74) is 4.41. The van der Waals surface area contributed by atoms with Crippen molar-refractivity contribution in [1.29, 1.82) is 0 Å². The van der Waals surface area contributed by atoms with Gasteiger partial charge >= 0.3 is 0 Å². The van der Waals surface area contributed by atoms with E-state index < -0.39 is 0 Å². The molecule has 0 unspecified atom stereocenters. The van der Waals surface area contributed by atoms with Gasteiger partial charge in [-0.3, -0.25) is 4.79 Å². The molecule has 6 heteroatoms. The first-order valence-corrected chi connectivity index (χ1v) is 9.87. The first-order valence-electron chi connectivity index (χ1n) is 9.87. The zero-order chi connectivity index (χ0) is 19.8. The van der Waals surface area contributed by atoms with E-state index >= 15 is 0 Å². The van der Waals surface area contributed by atoms with Crippen LogP contribution in [0.3, 0.4) is 0 Å². The van der Waals surface area contributed by atoms with Gasteiger partial charge in [0.15, 0.2) is 0 Å². The largest absolute Gasteiger partial charge is 0.361 e. The van der Waals surface area contributed by atoms with Crippen LogP contribution in [-0.4, -0.2) is 20.7 Å². The molecule has 1 aliphatic carbocycles. The number of amides is 1. The molecule has 2 aromatic carbocycles. The van der Waals surface area contributed by atoms with Crippen LogP contribution in [0.1, 0.15) is 35.7 Å². The number of rotatable bonds is 4. The van der Waals surface area contributed by atoms with E-state index in [1.165, 1.54) is 6.07 Å². The number of para-hydroxylation sites is 2. The van der Waals surface area contributed by atoms with E-state index in [9.17, 15) is 9.18 Å². The van der Waals surface area contributed by atoms with Crippen molar-refractivity contribution in [3.8, 4) is 5.69 Å². The van der Waals surface area contributed by atoms with Crippen molar-refractivity contribution in [1.82, 2.24) is 20.1 Å². The average Bonchev–Trinajstić information content (AvgIpc) is 3.34. The molecular formula is C23H21FN4O. The van der Waals surface area contributed by atoms with Gasteiger partial charge in [0.1, 0.15) is 11.5 Å². The standard InChI is InChI=1S/C23H21FN4O/c24-18-7-2-4-10-22(18)28-21-11-5-9-20(17(21)14-26-28)27-23(29)12-15-13-25-19-8-3-1-6-16(15)19/h1-4,6-8,10,13-14,20,25H,5,9,11-12H2,(H,27,29)/t20-/m1/s1. The van der Waals surface area contributed by atoms with Crippen LogP contribution in [0.15, 0.2) is 60.9 Å². The van der Waals surface area contributed by atoms with E-state index in [1.807, 2.05) is 30.5 Å². The van der Waals surface area contributed by atoms with Crippen molar-refractivity contribution in [2.75, 3.05) is 0 Å². The first-order chi connectivity index (χ1) is 14.2. The van der Waals surface area contributed by atoms with Gasteiger partial charge in [-0.25, -0.2) is 9.07 Å². The molecule has 1 atom stereocenters. The van der Waals surface area contributed by atoms with Crippen LogP contribution < -0.4 is 5.32 Å². The smallest absolute Gasteiger partial charge is 0.224 e. The molecule has 0 saturated heterocycles. The quantitative estimate of drug-likeness (QED) is 0.550. The third-order valence-electron chi connectivity index (χ3n) is 5.62. The molecule has 0 saturated carbocycles. The summed E-state index contributed by atoms with van der Waals surface area (Å²) in [7, 11) is 0. The highest BCUT2D eigenvalue weighted by atomic mass is 19.1. The third-order valence-corrected chi connectivity index (χ3v) is 5.62. The molecule has 0 fully saturated rings. The summed E-state index contributed by atoms with van der Waals surface area (Å²) in [5, 5.41) is 8.65. The van der Waals surface area contributed by atoms with Crippen LogP contribution in [0.4, 0.5) is 4.39 Å². The predicted molar refractivity (Wildman–Crippen MR) is 109 cm³/mol. The molecule has 2 heterocycles. The number of nitrogens with one attached hydrogen (secondary N) is 2. The molecule has 146 valence electrons. The molecule has 1 aliphatic rings. The van der Waals surface area contributed by atoms with Gasteiger partial charge in [0.25, 0.3) is 0 Å². The van der Waals surface area contributed by atoms with Gasteiger partial charge in [-0.15, -0.1) is 0 Å².